The van der Waals surface area contributed by atoms with Gasteiger partial charge in [0.25, 0.3) is 11.8 Å². The maximum atomic E-state index is 12.0. The topological polar surface area (TPSA) is 107 Å². The van der Waals surface area contributed by atoms with Gasteiger partial charge in [0, 0.05) is 13.1 Å². The van der Waals surface area contributed by atoms with E-state index < -0.39 is 23.9 Å². The molecule has 0 saturated carbocycles. The highest BCUT2D eigenvalue weighted by Gasteiger charge is 2.17. The Bertz CT molecular complexity index is 755. The number of carbonyl (C=O) groups is 3. The van der Waals surface area contributed by atoms with Crippen molar-refractivity contribution < 1.29 is 28.3 Å². The van der Waals surface area contributed by atoms with E-state index in [-0.39, 0.29) is 18.7 Å². The van der Waals surface area contributed by atoms with Crippen molar-refractivity contribution in [2.45, 2.75) is 26.0 Å². The van der Waals surface area contributed by atoms with Crippen LogP contribution in [-0.4, -0.2) is 37.5 Å². The fourth-order valence-corrected chi connectivity index (χ4v) is 2.16. The normalized spacial score (nSPS) is 11.3. The molecule has 1 aromatic heterocycles. The second-order valence-corrected chi connectivity index (χ2v) is 5.68. The van der Waals surface area contributed by atoms with Crippen LogP contribution in [0.25, 0.3) is 0 Å². The number of hydrogen-bond donors (Lipinski definition) is 2. The van der Waals surface area contributed by atoms with Crippen LogP contribution in [0.1, 0.15) is 29.5 Å². The summed E-state index contributed by atoms with van der Waals surface area (Å²) in [5.41, 5.74) is 0.892. The van der Waals surface area contributed by atoms with Gasteiger partial charge in [0.2, 0.25) is 0 Å². The van der Waals surface area contributed by atoms with Gasteiger partial charge in [-0.25, -0.2) is 0 Å². The number of ether oxygens (including phenoxy) is 2. The Morgan fingerprint density at radius 2 is 1.85 bits per heavy atom. The van der Waals surface area contributed by atoms with Gasteiger partial charge >= 0.3 is 5.97 Å². The van der Waals surface area contributed by atoms with Crippen molar-refractivity contribution in [3.05, 3.63) is 54.0 Å². The van der Waals surface area contributed by atoms with Crippen molar-refractivity contribution in [3.8, 4) is 5.75 Å². The molecular formula is C19H22N2O6. The molecule has 2 aromatic rings. The van der Waals surface area contributed by atoms with Gasteiger partial charge in [-0.15, -0.1) is 0 Å². The summed E-state index contributed by atoms with van der Waals surface area (Å²) in [6.45, 7) is 1.88. The lowest BCUT2D eigenvalue weighted by molar-refractivity contribution is -0.154. The van der Waals surface area contributed by atoms with Gasteiger partial charge in [-0.1, -0.05) is 12.1 Å². The van der Waals surface area contributed by atoms with Gasteiger partial charge in [0.05, 0.1) is 19.8 Å². The molecule has 0 aliphatic carbocycles. The highest BCUT2D eigenvalue weighted by molar-refractivity contribution is 5.91. The fraction of sp³-hybridized carbons (Fsp3) is 0.316. The lowest BCUT2D eigenvalue weighted by Crippen LogP contribution is -2.36. The molecule has 2 amide bonds. The van der Waals surface area contributed by atoms with E-state index in [0.29, 0.717) is 6.54 Å². The zero-order valence-corrected chi connectivity index (χ0v) is 15.2. The quantitative estimate of drug-likeness (QED) is 0.647. The molecule has 1 heterocycles. The second-order valence-electron chi connectivity index (χ2n) is 5.68. The molecule has 8 heteroatoms. The van der Waals surface area contributed by atoms with E-state index in [1.165, 1.54) is 19.3 Å². The third-order valence-corrected chi connectivity index (χ3v) is 3.66. The Kier molecular flexibility index (Phi) is 7.42. The summed E-state index contributed by atoms with van der Waals surface area (Å²) in [4.78, 5) is 35.4. The fourth-order valence-electron chi connectivity index (χ4n) is 2.16. The Morgan fingerprint density at radius 1 is 1.11 bits per heavy atom. The van der Waals surface area contributed by atoms with Crippen LogP contribution in [0, 0.1) is 0 Å². The van der Waals surface area contributed by atoms with Crippen LogP contribution < -0.4 is 15.4 Å². The average Bonchev–Trinajstić information content (AvgIpc) is 3.21. The van der Waals surface area contributed by atoms with Crippen molar-refractivity contribution >= 4 is 17.8 Å². The Balaban J connectivity index is 1.66. The number of carbonyl (C=O) groups excluding carboxylic acids is 3. The summed E-state index contributed by atoms with van der Waals surface area (Å²) >= 11 is 0. The molecular weight excluding hydrogens is 352 g/mol. The van der Waals surface area contributed by atoms with Crippen LogP contribution >= 0.6 is 0 Å². The highest BCUT2D eigenvalue weighted by atomic mass is 16.5. The SMILES string of the molecule is COc1ccc(CNC(=O)[C@@H](C)OC(=O)CCNC(=O)c2ccco2)cc1. The maximum Gasteiger partial charge on any atom is 0.308 e. The molecule has 0 spiro atoms. The Morgan fingerprint density at radius 3 is 2.48 bits per heavy atom. The van der Waals surface area contributed by atoms with Crippen LogP contribution in [0.5, 0.6) is 5.75 Å². The Labute approximate surface area is 156 Å². The molecule has 1 atom stereocenters. The number of nitrogens with one attached hydrogen (secondary N) is 2. The third kappa shape index (κ3) is 6.50. The molecule has 0 bridgehead atoms. The zero-order valence-electron chi connectivity index (χ0n) is 15.2. The summed E-state index contributed by atoms with van der Waals surface area (Å²) in [6.07, 6.45) is 0.398. The lowest BCUT2D eigenvalue weighted by Gasteiger charge is -2.14. The number of esters is 1. The van der Waals surface area contributed by atoms with Gasteiger partial charge in [0.1, 0.15) is 5.75 Å². The highest BCUT2D eigenvalue weighted by Crippen LogP contribution is 2.11. The minimum atomic E-state index is -0.934. The Hall–Kier alpha value is -3.29. The van der Waals surface area contributed by atoms with Crippen LogP contribution in [0.4, 0.5) is 0 Å². The minimum absolute atomic E-state index is 0.0530. The molecule has 0 unspecified atom stereocenters. The predicted molar refractivity (Wildman–Crippen MR) is 96.1 cm³/mol. The third-order valence-electron chi connectivity index (χ3n) is 3.66. The molecule has 0 fully saturated rings. The maximum absolute atomic E-state index is 12.0. The lowest BCUT2D eigenvalue weighted by atomic mass is 10.2. The smallest absolute Gasteiger partial charge is 0.308 e. The number of furan rings is 1. The van der Waals surface area contributed by atoms with E-state index >= 15 is 0 Å². The molecule has 0 aliphatic rings. The van der Waals surface area contributed by atoms with E-state index in [0.717, 1.165) is 11.3 Å². The van der Waals surface area contributed by atoms with Gasteiger partial charge < -0.3 is 24.5 Å². The molecule has 0 radical (unpaired) electrons. The number of hydrogen-bond acceptors (Lipinski definition) is 6. The first-order valence-electron chi connectivity index (χ1n) is 8.41. The molecule has 27 heavy (non-hydrogen) atoms. The number of amides is 2. The zero-order chi connectivity index (χ0) is 19.6. The van der Waals surface area contributed by atoms with E-state index in [1.54, 1.807) is 25.3 Å². The van der Waals surface area contributed by atoms with Crippen molar-refractivity contribution in [2.75, 3.05) is 13.7 Å². The molecule has 1 aromatic carbocycles. The van der Waals surface area contributed by atoms with Crippen LogP contribution in [-0.2, 0) is 20.9 Å². The number of methoxy groups -OCH3 is 1. The summed E-state index contributed by atoms with van der Waals surface area (Å²) in [6, 6.07) is 10.4. The molecule has 8 nitrogen and oxygen atoms in total. The molecule has 0 saturated heterocycles. The molecule has 144 valence electrons. The van der Waals surface area contributed by atoms with Gasteiger partial charge in [0.15, 0.2) is 11.9 Å². The summed E-state index contributed by atoms with van der Waals surface area (Å²) in [5, 5.41) is 5.23. The van der Waals surface area contributed by atoms with Gasteiger partial charge in [-0.2, -0.15) is 0 Å². The second kappa shape index (κ2) is 10.0. The molecule has 2 N–H and O–H groups in total. The first kappa shape index (κ1) is 20.0. The van der Waals surface area contributed by atoms with E-state index in [9.17, 15) is 14.4 Å². The van der Waals surface area contributed by atoms with Crippen LogP contribution in [0.2, 0.25) is 0 Å². The summed E-state index contributed by atoms with van der Waals surface area (Å²) in [5.74, 6) is -0.514. The van der Waals surface area contributed by atoms with Crippen molar-refractivity contribution in [3.63, 3.8) is 0 Å². The first-order valence-corrected chi connectivity index (χ1v) is 8.41. The average molecular weight is 374 g/mol. The van der Waals surface area contributed by atoms with Crippen LogP contribution in [0.3, 0.4) is 0 Å². The first-order chi connectivity index (χ1) is 13.0. The summed E-state index contributed by atoms with van der Waals surface area (Å²) in [7, 11) is 1.58. The van der Waals surface area contributed by atoms with Crippen molar-refractivity contribution in [1.29, 1.82) is 0 Å². The standard InChI is InChI=1S/C19H22N2O6/c1-13(18(23)21-12-14-5-7-15(25-2)8-6-14)27-17(22)9-10-20-19(24)16-4-3-11-26-16/h3-8,11,13H,9-10,12H2,1-2H3,(H,20,24)(H,21,23)/t13-/m1/s1. The summed E-state index contributed by atoms with van der Waals surface area (Å²) < 4.78 is 15.1. The largest absolute Gasteiger partial charge is 0.497 e. The van der Waals surface area contributed by atoms with Crippen LogP contribution in [0.15, 0.2) is 47.1 Å². The molecule has 0 aliphatic heterocycles. The van der Waals surface area contributed by atoms with Gasteiger partial charge in [-0.3, -0.25) is 14.4 Å². The minimum Gasteiger partial charge on any atom is -0.497 e. The van der Waals surface area contributed by atoms with Crippen molar-refractivity contribution in [1.82, 2.24) is 10.6 Å². The number of benzene rings is 1. The van der Waals surface area contributed by atoms with Gasteiger partial charge in [-0.05, 0) is 36.8 Å². The molecule has 2 rings (SSSR count). The number of rotatable bonds is 9. The van der Waals surface area contributed by atoms with E-state index in [4.69, 9.17) is 13.9 Å². The van der Waals surface area contributed by atoms with Crippen molar-refractivity contribution in [2.24, 2.45) is 0 Å². The monoisotopic (exact) mass is 374 g/mol. The predicted octanol–water partition coefficient (Wildman–Crippen LogP) is 1.66. The van der Waals surface area contributed by atoms with E-state index in [2.05, 4.69) is 10.6 Å². The van der Waals surface area contributed by atoms with E-state index in [1.807, 2.05) is 12.1 Å².